The number of ether oxygens (including phenoxy) is 1. The second-order valence-corrected chi connectivity index (χ2v) is 4.64. The molecule has 0 aromatic heterocycles. The van der Waals surface area contributed by atoms with Gasteiger partial charge in [-0.15, -0.1) is 13.2 Å². The van der Waals surface area contributed by atoms with E-state index in [1.807, 2.05) is 0 Å². The summed E-state index contributed by atoms with van der Waals surface area (Å²) in [5.74, 6) is -1.58. The molecule has 8 heteroatoms. The maximum absolute atomic E-state index is 13.9. The van der Waals surface area contributed by atoms with Crippen LogP contribution in [0.25, 0.3) is 11.1 Å². The SMILES string of the molecule is Fc1cc(C(F)F)c(Cl)cc1-c1cccc(OC(F)(F)F)c1. The zero-order chi connectivity index (χ0) is 16.5. The predicted octanol–water partition coefficient (Wildman–Crippen LogP) is 5.98. The summed E-state index contributed by atoms with van der Waals surface area (Å²) in [5.41, 5.74) is -0.880. The molecule has 0 atom stereocenters. The quantitative estimate of drug-likeness (QED) is 0.624. The summed E-state index contributed by atoms with van der Waals surface area (Å²) in [5, 5.41) is -0.381. The van der Waals surface area contributed by atoms with Crippen molar-refractivity contribution >= 4 is 11.6 Å². The summed E-state index contributed by atoms with van der Waals surface area (Å²) in [6.45, 7) is 0. The van der Waals surface area contributed by atoms with E-state index in [-0.39, 0.29) is 16.1 Å². The van der Waals surface area contributed by atoms with E-state index < -0.39 is 29.9 Å². The molecule has 118 valence electrons. The molecule has 0 bridgehead atoms. The minimum atomic E-state index is -4.89. The molecule has 2 aromatic carbocycles. The zero-order valence-electron chi connectivity index (χ0n) is 10.6. The summed E-state index contributed by atoms with van der Waals surface area (Å²) >= 11 is 5.63. The Morgan fingerprint density at radius 2 is 1.73 bits per heavy atom. The largest absolute Gasteiger partial charge is 0.573 e. The fourth-order valence-electron chi connectivity index (χ4n) is 1.81. The predicted molar refractivity (Wildman–Crippen MR) is 68.5 cm³/mol. The number of alkyl halides is 5. The Labute approximate surface area is 126 Å². The van der Waals surface area contributed by atoms with Gasteiger partial charge < -0.3 is 4.74 Å². The van der Waals surface area contributed by atoms with Gasteiger partial charge in [0.25, 0.3) is 6.43 Å². The maximum atomic E-state index is 13.9. The van der Waals surface area contributed by atoms with Crippen LogP contribution in [0.3, 0.4) is 0 Å². The van der Waals surface area contributed by atoms with Gasteiger partial charge >= 0.3 is 6.36 Å². The molecule has 0 unspecified atom stereocenters. The smallest absolute Gasteiger partial charge is 0.406 e. The monoisotopic (exact) mass is 340 g/mol. The topological polar surface area (TPSA) is 9.23 Å². The second-order valence-electron chi connectivity index (χ2n) is 4.23. The first-order chi connectivity index (χ1) is 10.2. The summed E-state index contributed by atoms with van der Waals surface area (Å²) in [7, 11) is 0. The fraction of sp³-hybridized carbons (Fsp3) is 0.143. The highest BCUT2D eigenvalue weighted by Crippen LogP contribution is 2.35. The Kier molecular flexibility index (Phi) is 4.55. The average Bonchev–Trinajstić information content (AvgIpc) is 2.39. The van der Waals surface area contributed by atoms with Gasteiger partial charge in [-0.05, 0) is 29.8 Å². The van der Waals surface area contributed by atoms with Crippen molar-refractivity contribution in [3.8, 4) is 16.9 Å². The summed E-state index contributed by atoms with van der Waals surface area (Å²) in [6, 6.07) is 5.98. The Morgan fingerprint density at radius 3 is 2.32 bits per heavy atom. The number of halogens is 7. The van der Waals surface area contributed by atoms with E-state index in [0.29, 0.717) is 6.07 Å². The van der Waals surface area contributed by atoms with Crippen LogP contribution >= 0.6 is 11.6 Å². The Morgan fingerprint density at radius 1 is 1.05 bits per heavy atom. The van der Waals surface area contributed by atoms with Crippen LogP contribution in [0.2, 0.25) is 5.02 Å². The number of rotatable bonds is 3. The van der Waals surface area contributed by atoms with Crippen molar-refractivity contribution in [3.63, 3.8) is 0 Å². The molecule has 0 aliphatic carbocycles. The Hall–Kier alpha value is -1.89. The molecule has 2 aromatic rings. The minimum Gasteiger partial charge on any atom is -0.406 e. The summed E-state index contributed by atoms with van der Waals surface area (Å²) in [6.07, 6.45) is -7.86. The van der Waals surface area contributed by atoms with Crippen LogP contribution in [0.15, 0.2) is 36.4 Å². The molecule has 22 heavy (non-hydrogen) atoms. The maximum Gasteiger partial charge on any atom is 0.573 e. The lowest BCUT2D eigenvalue weighted by molar-refractivity contribution is -0.274. The van der Waals surface area contributed by atoms with Crippen molar-refractivity contribution in [1.82, 2.24) is 0 Å². The summed E-state index contributed by atoms with van der Waals surface area (Å²) in [4.78, 5) is 0. The molecule has 0 aliphatic heterocycles. The van der Waals surface area contributed by atoms with Gasteiger partial charge in [0, 0.05) is 11.1 Å². The van der Waals surface area contributed by atoms with Gasteiger partial charge in [0.15, 0.2) is 0 Å². The Bertz CT molecular complexity index is 684. The van der Waals surface area contributed by atoms with Gasteiger partial charge in [-0.3, -0.25) is 0 Å². The van der Waals surface area contributed by atoms with E-state index in [2.05, 4.69) is 4.74 Å². The molecule has 0 N–H and O–H groups in total. The lowest BCUT2D eigenvalue weighted by Gasteiger charge is -2.12. The van der Waals surface area contributed by atoms with E-state index in [1.165, 1.54) is 12.1 Å². The minimum absolute atomic E-state index is 0.0157. The highest BCUT2D eigenvalue weighted by Gasteiger charge is 2.31. The van der Waals surface area contributed by atoms with Crippen molar-refractivity contribution in [2.75, 3.05) is 0 Å². The standard InChI is InChI=1S/C14H7ClF6O/c15-11-5-9(12(16)6-10(11)13(17)18)7-2-1-3-8(4-7)22-14(19,20)21/h1-6,13H. The van der Waals surface area contributed by atoms with Crippen LogP contribution < -0.4 is 4.74 Å². The third kappa shape index (κ3) is 3.85. The van der Waals surface area contributed by atoms with E-state index in [4.69, 9.17) is 11.6 Å². The number of hydrogen-bond donors (Lipinski definition) is 0. The van der Waals surface area contributed by atoms with Gasteiger partial charge in [-0.25, -0.2) is 13.2 Å². The Balaban J connectivity index is 2.44. The normalized spacial score (nSPS) is 11.8. The van der Waals surface area contributed by atoms with Crippen molar-refractivity contribution in [3.05, 3.63) is 52.8 Å². The average molecular weight is 341 g/mol. The first-order valence-corrected chi connectivity index (χ1v) is 6.18. The lowest BCUT2D eigenvalue weighted by atomic mass is 10.0. The number of hydrogen-bond acceptors (Lipinski definition) is 1. The molecule has 0 amide bonds. The van der Waals surface area contributed by atoms with Gasteiger partial charge in [-0.2, -0.15) is 0 Å². The highest BCUT2D eigenvalue weighted by atomic mass is 35.5. The number of benzene rings is 2. The molecular weight excluding hydrogens is 334 g/mol. The zero-order valence-corrected chi connectivity index (χ0v) is 11.4. The highest BCUT2D eigenvalue weighted by molar-refractivity contribution is 6.31. The van der Waals surface area contributed by atoms with Gasteiger partial charge in [0.05, 0.1) is 5.02 Å². The summed E-state index contributed by atoms with van der Waals surface area (Å²) < 4.78 is 79.3. The van der Waals surface area contributed by atoms with Crippen molar-refractivity contribution in [2.24, 2.45) is 0 Å². The molecule has 0 heterocycles. The van der Waals surface area contributed by atoms with Gasteiger partial charge in [0.1, 0.15) is 11.6 Å². The lowest BCUT2D eigenvalue weighted by Crippen LogP contribution is -2.17. The molecule has 0 aliphatic rings. The van der Waals surface area contributed by atoms with Crippen LogP contribution in [-0.4, -0.2) is 6.36 Å². The third-order valence-corrected chi connectivity index (χ3v) is 3.03. The van der Waals surface area contributed by atoms with Crippen molar-refractivity contribution in [1.29, 1.82) is 0 Å². The van der Waals surface area contributed by atoms with E-state index in [0.717, 1.165) is 18.2 Å². The van der Waals surface area contributed by atoms with Crippen LogP contribution in [0.4, 0.5) is 26.3 Å². The molecule has 0 radical (unpaired) electrons. The first kappa shape index (κ1) is 16.5. The van der Waals surface area contributed by atoms with E-state index >= 15 is 0 Å². The van der Waals surface area contributed by atoms with Gasteiger partial charge in [-0.1, -0.05) is 23.7 Å². The van der Waals surface area contributed by atoms with Gasteiger partial charge in [0.2, 0.25) is 0 Å². The van der Waals surface area contributed by atoms with Crippen LogP contribution in [0, 0.1) is 5.82 Å². The molecule has 0 saturated carbocycles. The molecule has 0 spiro atoms. The molecule has 0 fully saturated rings. The third-order valence-electron chi connectivity index (χ3n) is 2.70. The molecular formula is C14H7ClF6O. The molecule has 1 nitrogen and oxygen atoms in total. The first-order valence-electron chi connectivity index (χ1n) is 5.80. The second kappa shape index (κ2) is 6.08. The van der Waals surface area contributed by atoms with Crippen LogP contribution in [-0.2, 0) is 0 Å². The van der Waals surface area contributed by atoms with E-state index in [1.54, 1.807) is 0 Å². The van der Waals surface area contributed by atoms with Crippen LogP contribution in [0.5, 0.6) is 5.75 Å². The molecule has 2 rings (SSSR count). The molecule has 0 saturated heterocycles. The van der Waals surface area contributed by atoms with Crippen LogP contribution in [0.1, 0.15) is 12.0 Å². The van der Waals surface area contributed by atoms with E-state index in [9.17, 15) is 26.3 Å². The van der Waals surface area contributed by atoms with Crippen molar-refractivity contribution in [2.45, 2.75) is 12.8 Å². The van der Waals surface area contributed by atoms with Crippen molar-refractivity contribution < 1.29 is 31.1 Å². The fourth-order valence-corrected chi connectivity index (χ4v) is 2.06.